The highest BCUT2D eigenvalue weighted by Gasteiger charge is 2.22. The van der Waals surface area contributed by atoms with Gasteiger partial charge in [0.2, 0.25) is 0 Å². The van der Waals surface area contributed by atoms with E-state index in [4.69, 9.17) is 15.9 Å². The van der Waals surface area contributed by atoms with Gasteiger partial charge in [-0.05, 0) is 6.92 Å². The number of amidine groups is 1. The minimum atomic E-state index is -0.259. The number of hydrogen-bond donors (Lipinski definition) is 2. The van der Waals surface area contributed by atoms with Gasteiger partial charge in [-0.3, -0.25) is 15.0 Å². The van der Waals surface area contributed by atoms with Crippen LogP contribution in [0.2, 0.25) is 0 Å². The fourth-order valence-corrected chi connectivity index (χ4v) is 1.95. The molecule has 2 rings (SSSR count). The Hall–Kier alpha value is -1.40. The lowest BCUT2D eigenvalue weighted by atomic mass is 10.2. The Kier molecular flexibility index (Phi) is 3.75. The van der Waals surface area contributed by atoms with Gasteiger partial charge in [0.1, 0.15) is 11.9 Å². The quantitative estimate of drug-likeness (QED) is 0.572. The molecule has 0 bridgehead atoms. The average Bonchev–Trinajstić information content (AvgIpc) is 2.77. The Bertz CT molecular complexity index is 389. The summed E-state index contributed by atoms with van der Waals surface area (Å²) in [5.74, 6) is 0.110. The number of ether oxygens (including phenoxy) is 1. The number of aryl methyl sites for hydroxylation is 1. The zero-order chi connectivity index (χ0) is 12.3. The maximum Gasteiger partial charge on any atom is 0.127 e. The Balaban J connectivity index is 1.92. The molecule has 1 unspecified atom stereocenters. The third-order valence-corrected chi connectivity index (χ3v) is 2.91. The molecule has 17 heavy (non-hydrogen) atoms. The van der Waals surface area contributed by atoms with Crippen LogP contribution in [0.3, 0.4) is 0 Å². The summed E-state index contributed by atoms with van der Waals surface area (Å²) in [4.78, 5) is 2.24. The number of morpholine rings is 1. The minimum Gasteiger partial charge on any atom is -0.385 e. The van der Waals surface area contributed by atoms with E-state index in [1.165, 1.54) is 5.56 Å². The first kappa shape index (κ1) is 12.1. The van der Waals surface area contributed by atoms with E-state index in [0.29, 0.717) is 13.2 Å². The van der Waals surface area contributed by atoms with Crippen LogP contribution >= 0.6 is 0 Å². The molecular weight excluding hydrogens is 218 g/mol. The molecule has 0 saturated carbocycles. The predicted octanol–water partition coefficient (Wildman–Crippen LogP) is 0.0398. The van der Waals surface area contributed by atoms with Crippen molar-refractivity contribution in [2.24, 2.45) is 5.73 Å². The average molecular weight is 237 g/mol. The molecule has 0 radical (unpaired) electrons. The Morgan fingerprint density at radius 2 is 2.53 bits per heavy atom. The number of aromatic nitrogens is 2. The largest absolute Gasteiger partial charge is 0.385 e. The van der Waals surface area contributed by atoms with Gasteiger partial charge in [0, 0.05) is 37.9 Å². The van der Waals surface area contributed by atoms with E-state index in [1.54, 1.807) is 0 Å². The van der Waals surface area contributed by atoms with Crippen molar-refractivity contribution < 1.29 is 4.74 Å². The monoisotopic (exact) mass is 237 g/mol. The van der Waals surface area contributed by atoms with Gasteiger partial charge in [0.05, 0.1) is 12.8 Å². The fourth-order valence-electron chi connectivity index (χ4n) is 1.95. The number of nitrogens with one attached hydrogen (secondary N) is 1. The number of nitrogens with zero attached hydrogens (tertiary/aromatic N) is 3. The van der Waals surface area contributed by atoms with Crippen molar-refractivity contribution in [1.29, 1.82) is 5.41 Å². The molecule has 1 aliphatic rings. The van der Waals surface area contributed by atoms with E-state index in [9.17, 15) is 0 Å². The van der Waals surface area contributed by atoms with E-state index < -0.39 is 0 Å². The summed E-state index contributed by atoms with van der Waals surface area (Å²) < 4.78 is 7.34. The predicted molar refractivity (Wildman–Crippen MR) is 64.8 cm³/mol. The zero-order valence-corrected chi connectivity index (χ0v) is 10.1. The van der Waals surface area contributed by atoms with Crippen molar-refractivity contribution in [3.63, 3.8) is 0 Å². The second-order valence-electron chi connectivity index (χ2n) is 4.25. The minimum absolute atomic E-state index is 0.110. The van der Waals surface area contributed by atoms with Crippen LogP contribution in [0.1, 0.15) is 12.5 Å². The molecule has 6 nitrogen and oxygen atoms in total. The lowest BCUT2D eigenvalue weighted by Crippen LogP contribution is -2.47. The molecule has 1 fully saturated rings. The molecule has 1 aliphatic heterocycles. The smallest absolute Gasteiger partial charge is 0.127 e. The van der Waals surface area contributed by atoms with Crippen LogP contribution in [0.4, 0.5) is 0 Å². The maximum atomic E-state index is 7.40. The van der Waals surface area contributed by atoms with Gasteiger partial charge in [-0.15, -0.1) is 0 Å². The lowest BCUT2D eigenvalue weighted by Gasteiger charge is -2.31. The van der Waals surface area contributed by atoms with Crippen molar-refractivity contribution in [1.82, 2.24) is 14.7 Å². The molecule has 0 aliphatic carbocycles. The summed E-state index contributed by atoms with van der Waals surface area (Å²) in [6.07, 6.45) is 3.69. The Labute approximate surface area is 101 Å². The molecule has 1 aromatic heterocycles. The summed E-state index contributed by atoms with van der Waals surface area (Å²) in [5.41, 5.74) is 6.65. The first-order valence-electron chi connectivity index (χ1n) is 5.88. The molecular formula is C11H19N5O. The molecule has 1 saturated heterocycles. The molecule has 6 heteroatoms. The highest BCUT2D eigenvalue weighted by atomic mass is 16.5. The van der Waals surface area contributed by atoms with Gasteiger partial charge < -0.3 is 10.5 Å². The Morgan fingerprint density at radius 1 is 1.71 bits per heavy atom. The Morgan fingerprint density at radius 3 is 3.18 bits per heavy atom. The first-order chi connectivity index (χ1) is 8.19. The molecule has 1 aromatic rings. The van der Waals surface area contributed by atoms with Crippen LogP contribution in [-0.2, 0) is 17.8 Å². The molecule has 3 N–H and O–H groups in total. The van der Waals surface area contributed by atoms with Crippen LogP contribution in [0, 0.1) is 5.41 Å². The van der Waals surface area contributed by atoms with Crippen LogP contribution in [-0.4, -0.2) is 46.3 Å². The van der Waals surface area contributed by atoms with Crippen LogP contribution in [0.5, 0.6) is 0 Å². The number of nitrogens with two attached hydrogens (primary N) is 1. The van der Waals surface area contributed by atoms with Crippen molar-refractivity contribution in [2.45, 2.75) is 26.1 Å². The van der Waals surface area contributed by atoms with Crippen molar-refractivity contribution in [3.05, 3.63) is 18.0 Å². The van der Waals surface area contributed by atoms with Crippen molar-refractivity contribution >= 4 is 5.84 Å². The van der Waals surface area contributed by atoms with E-state index >= 15 is 0 Å². The zero-order valence-electron chi connectivity index (χ0n) is 10.1. The topological polar surface area (TPSA) is 80.2 Å². The molecule has 0 aromatic carbocycles. The normalized spacial score (nSPS) is 21.6. The lowest BCUT2D eigenvalue weighted by molar-refractivity contribution is 0.00235. The van der Waals surface area contributed by atoms with Crippen LogP contribution in [0.15, 0.2) is 12.4 Å². The van der Waals surface area contributed by atoms with Gasteiger partial charge in [0.25, 0.3) is 0 Å². The van der Waals surface area contributed by atoms with Gasteiger partial charge in [0.15, 0.2) is 0 Å². The first-order valence-corrected chi connectivity index (χ1v) is 5.88. The summed E-state index contributed by atoms with van der Waals surface area (Å²) in [5, 5.41) is 11.6. The molecule has 2 heterocycles. The highest BCUT2D eigenvalue weighted by Crippen LogP contribution is 2.10. The van der Waals surface area contributed by atoms with E-state index in [-0.39, 0.29) is 11.9 Å². The number of hydrogen-bond acceptors (Lipinski definition) is 4. The second-order valence-corrected chi connectivity index (χ2v) is 4.25. The third kappa shape index (κ3) is 3.04. The van der Waals surface area contributed by atoms with Gasteiger partial charge in [-0.2, -0.15) is 5.10 Å². The summed E-state index contributed by atoms with van der Waals surface area (Å²) in [6, 6.07) is 0. The summed E-state index contributed by atoms with van der Waals surface area (Å²) >= 11 is 0. The van der Waals surface area contributed by atoms with E-state index in [1.807, 2.05) is 10.9 Å². The molecule has 1 atom stereocenters. The van der Waals surface area contributed by atoms with Crippen LogP contribution in [0.25, 0.3) is 0 Å². The van der Waals surface area contributed by atoms with Crippen molar-refractivity contribution in [3.8, 4) is 0 Å². The van der Waals surface area contributed by atoms with E-state index in [2.05, 4.69) is 23.1 Å². The molecule has 94 valence electrons. The van der Waals surface area contributed by atoms with Gasteiger partial charge in [-0.1, -0.05) is 0 Å². The summed E-state index contributed by atoms with van der Waals surface area (Å²) in [6.45, 7) is 5.99. The maximum absolute atomic E-state index is 7.40. The summed E-state index contributed by atoms with van der Waals surface area (Å²) in [7, 11) is 0. The fraction of sp³-hybridized carbons (Fsp3) is 0.636. The van der Waals surface area contributed by atoms with Crippen LogP contribution < -0.4 is 5.73 Å². The van der Waals surface area contributed by atoms with Gasteiger partial charge >= 0.3 is 0 Å². The SMILES string of the molecule is CCn1cc(CN2CCOC(C(=N)N)C2)cn1. The van der Waals surface area contributed by atoms with Crippen molar-refractivity contribution in [2.75, 3.05) is 19.7 Å². The molecule has 0 spiro atoms. The molecule has 0 amide bonds. The van der Waals surface area contributed by atoms with E-state index in [0.717, 1.165) is 19.6 Å². The standard InChI is InChI=1S/C11H19N5O/c1-2-16-7-9(5-14-16)6-15-3-4-17-10(8-15)11(12)13/h5,7,10H,2-4,6,8H2,1H3,(H3,12,13). The second kappa shape index (κ2) is 5.29. The van der Waals surface area contributed by atoms with Gasteiger partial charge in [-0.25, -0.2) is 0 Å². The highest BCUT2D eigenvalue weighted by molar-refractivity contribution is 5.82. The third-order valence-electron chi connectivity index (χ3n) is 2.91. The number of rotatable bonds is 4.